The quantitative estimate of drug-likeness (QED) is 0.677. The highest BCUT2D eigenvalue weighted by Gasteiger charge is 2.12. The first-order valence-electron chi connectivity index (χ1n) is 6.49. The van der Waals surface area contributed by atoms with Crippen LogP contribution in [0.15, 0.2) is 36.4 Å². The summed E-state index contributed by atoms with van der Waals surface area (Å²) in [6.07, 6.45) is 0. The van der Waals surface area contributed by atoms with Crippen molar-refractivity contribution in [2.24, 2.45) is 0 Å². The molecule has 0 aromatic heterocycles. The van der Waals surface area contributed by atoms with Crippen molar-refractivity contribution in [1.82, 2.24) is 0 Å². The second-order valence-electron chi connectivity index (χ2n) is 4.67. The molecule has 1 N–H and O–H groups in total. The first-order chi connectivity index (χ1) is 10.9. The van der Waals surface area contributed by atoms with Gasteiger partial charge in [-0.15, -0.1) is 0 Å². The Balaban J connectivity index is 1.96. The number of nitrogens with one attached hydrogen (secondary N) is 1. The van der Waals surface area contributed by atoms with Crippen LogP contribution in [0.3, 0.4) is 0 Å². The maximum atomic E-state index is 13.4. The van der Waals surface area contributed by atoms with Gasteiger partial charge in [0.25, 0.3) is 11.6 Å². The predicted molar refractivity (Wildman–Crippen MR) is 78.3 cm³/mol. The molecule has 0 bridgehead atoms. The number of carbonyl (C=O) groups excluding carboxylic acids is 1. The Bertz CT molecular complexity index is 765. The summed E-state index contributed by atoms with van der Waals surface area (Å²) in [6, 6.07) is 6.80. The standard InChI is InChI=1S/C15H12F2N2O4/c1-9-6-11(3-5-14(9)19(21)22)23-8-15(20)18-13-4-2-10(16)7-12(13)17/h2-7H,8H2,1H3,(H,18,20). The lowest BCUT2D eigenvalue weighted by Gasteiger charge is -2.09. The molecule has 0 unspecified atom stereocenters. The molecule has 6 nitrogen and oxygen atoms in total. The molecule has 0 spiro atoms. The van der Waals surface area contributed by atoms with Crippen LogP contribution in [0.4, 0.5) is 20.2 Å². The van der Waals surface area contributed by atoms with E-state index in [1.807, 2.05) is 0 Å². The summed E-state index contributed by atoms with van der Waals surface area (Å²) in [7, 11) is 0. The van der Waals surface area contributed by atoms with Crippen LogP contribution in [-0.4, -0.2) is 17.4 Å². The number of hydrogen-bond acceptors (Lipinski definition) is 4. The van der Waals surface area contributed by atoms with Crippen molar-refractivity contribution in [1.29, 1.82) is 0 Å². The zero-order chi connectivity index (χ0) is 17.0. The largest absolute Gasteiger partial charge is 0.484 e. The highest BCUT2D eigenvalue weighted by molar-refractivity contribution is 5.91. The SMILES string of the molecule is Cc1cc(OCC(=O)Nc2ccc(F)cc2F)ccc1[N+](=O)[O-]. The van der Waals surface area contributed by atoms with Gasteiger partial charge in [-0.25, -0.2) is 8.78 Å². The van der Waals surface area contributed by atoms with Crippen LogP contribution >= 0.6 is 0 Å². The van der Waals surface area contributed by atoms with Gasteiger partial charge in [0.2, 0.25) is 0 Å². The number of nitro groups is 1. The number of carbonyl (C=O) groups is 1. The molecule has 2 rings (SSSR count). The lowest BCUT2D eigenvalue weighted by molar-refractivity contribution is -0.385. The van der Waals surface area contributed by atoms with Crippen LogP contribution in [-0.2, 0) is 4.79 Å². The van der Waals surface area contributed by atoms with E-state index in [0.717, 1.165) is 12.1 Å². The normalized spacial score (nSPS) is 10.2. The van der Waals surface area contributed by atoms with Gasteiger partial charge >= 0.3 is 0 Å². The number of halogens is 2. The third-order valence-electron chi connectivity index (χ3n) is 2.94. The number of nitro benzene ring substituents is 1. The van der Waals surface area contributed by atoms with Crippen molar-refractivity contribution in [2.75, 3.05) is 11.9 Å². The molecule has 1 amide bonds. The Hall–Kier alpha value is -3.03. The predicted octanol–water partition coefficient (Wildman–Crippen LogP) is 3.20. The van der Waals surface area contributed by atoms with Gasteiger partial charge in [-0.3, -0.25) is 14.9 Å². The van der Waals surface area contributed by atoms with Gasteiger partial charge in [-0.05, 0) is 31.2 Å². The molecule has 120 valence electrons. The zero-order valence-corrected chi connectivity index (χ0v) is 12.0. The van der Waals surface area contributed by atoms with Crippen molar-refractivity contribution in [3.63, 3.8) is 0 Å². The number of benzene rings is 2. The first-order valence-corrected chi connectivity index (χ1v) is 6.49. The summed E-state index contributed by atoms with van der Waals surface area (Å²) in [5.41, 5.74) is 0.160. The molecule has 0 aliphatic heterocycles. The van der Waals surface area contributed by atoms with E-state index in [-0.39, 0.29) is 17.1 Å². The monoisotopic (exact) mass is 322 g/mol. The third kappa shape index (κ3) is 4.22. The zero-order valence-electron chi connectivity index (χ0n) is 12.0. The summed E-state index contributed by atoms with van der Waals surface area (Å²) in [4.78, 5) is 21.9. The van der Waals surface area contributed by atoms with Crippen LogP contribution in [0, 0.1) is 28.7 Å². The minimum atomic E-state index is -0.899. The maximum absolute atomic E-state index is 13.4. The maximum Gasteiger partial charge on any atom is 0.272 e. The number of rotatable bonds is 5. The Labute approximate surface area is 129 Å². The molecular formula is C15H12F2N2O4. The number of ether oxygens (including phenoxy) is 1. The Kier molecular flexibility index (Phi) is 4.85. The molecule has 0 aliphatic carbocycles. The summed E-state index contributed by atoms with van der Waals surface area (Å²) < 4.78 is 31.3. The van der Waals surface area contributed by atoms with E-state index >= 15 is 0 Å². The molecule has 0 atom stereocenters. The molecule has 2 aromatic rings. The Morgan fingerprint density at radius 2 is 2.00 bits per heavy atom. The second-order valence-corrected chi connectivity index (χ2v) is 4.67. The smallest absolute Gasteiger partial charge is 0.272 e. The highest BCUT2D eigenvalue weighted by Crippen LogP contribution is 2.23. The summed E-state index contributed by atoms with van der Waals surface area (Å²) >= 11 is 0. The number of amides is 1. The lowest BCUT2D eigenvalue weighted by Crippen LogP contribution is -2.20. The average Bonchev–Trinajstić information content (AvgIpc) is 2.48. The molecule has 0 heterocycles. The number of hydrogen-bond donors (Lipinski definition) is 1. The van der Waals surface area contributed by atoms with Gasteiger partial charge in [0, 0.05) is 17.7 Å². The minimum absolute atomic E-state index is 0.0600. The fourth-order valence-electron chi connectivity index (χ4n) is 1.85. The van der Waals surface area contributed by atoms with E-state index in [4.69, 9.17) is 4.74 Å². The Morgan fingerprint density at radius 1 is 1.26 bits per heavy atom. The third-order valence-corrected chi connectivity index (χ3v) is 2.94. The van der Waals surface area contributed by atoms with Crippen molar-refractivity contribution < 1.29 is 23.2 Å². The van der Waals surface area contributed by atoms with Crippen LogP contribution in [0.1, 0.15) is 5.56 Å². The number of nitrogens with zero attached hydrogens (tertiary/aromatic N) is 1. The molecule has 0 aliphatic rings. The molecule has 23 heavy (non-hydrogen) atoms. The average molecular weight is 322 g/mol. The van der Waals surface area contributed by atoms with E-state index in [1.54, 1.807) is 6.92 Å². The van der Waals surface area contributed by atoms with Gasteiger partial charge < -0.3 is 10.1 Å². The van der Waals surface area contributed by atoms with Crippen LogP contribution in [0.25, 0.3) is 0 Å². The van der Waals surface area contributed by atoms with Gasteiger partial charge in [0.15, 0.2) is 6.61 Å². The van der Waals surface area contributed by atoms with Gasteiger partial charge in [-0.2, -0.15) is 0 Å². The van der Waals surface area contributed by atoms with E-state index in [2.05, 4.69) is 5.32 Å². The Morgan fingerprint density at radius 3 is 2.61 bits per heavy atom. The van der Waals surface area contributed by atoms with Gasteiger partial charge in [0.1, 0.15) is 17.4 Å². The van der Waals surface area contributed by atoms with Gasteiger partial charge in [0.05, 0.1) is 10.6 Å². The molecule has 2 aromatic carbocycles. The van der Waals surface area contributed by atoms with Crippen molar-refractivity contribution >= 4 is 17.3 Å². The highest BCUT2D eigenvalue weighted by atomic mass is 19.1. The fraction of sp³-hybridized carbons (Fsp3) is 0.133. The van der Waals surface area contributed by atoms with Crippen molar-refractivity contribution in [3.8, 4) is 5.75 Å². The van der Waals surface area contributed by atoms with Crippen molar-refractivity contribution in [3.05, 3.63) is 63.7 Å². The number of aryl methyl sites for hydroxylation is 1. The molecule has 8 heteroatoms. The summed E-state index contributed by atoms with van der Waals surface area (Å²) in [6.45, 7) is 1.12. The molecular weight excluding hydrogens is 310 g/mol. The molecule has 0 saturated heterocycles. The summed E-state index contributed by atoms with van der Waals surface area (Å²) in [5, 5.41) is 12.9. The van der Waals surface area contributed by atoms with E-state index in [9.17, 15) is 23.7 Å². The molecule has 0 radical (unpaired) electrons. The topological polar surface area (TPSA) is 81.5 Å². The minimum Gasteiger partial charge on any atom is -0.484 e. The van der Waals surface area contributed by atoms with Crippen LogP contribution in [0.5, 0.6) is 5.75 Å². The fourth-order valence-corrected chi connectivity index (χ4v) is 1.85. The van der Waals surface area contributed by atoms with Crippen LogP contribution in [0.2, 0.25) is 0 Å². The van der Waals surface area contributed by atoms with Gasteiger partial charge in [-0.1, -0.05) is 0 Å². The number of anilines is 1. The van der Waals surface area contributed by atoms with Crippen molar-refractivity contribution in [2.45, 2.75) is 6.92 Å². The molecule has 0 fully saturated rings. The lowest BCUT2D eigenvalue weighted by atomic mass is 10.2. The van der Waals surface area contributed by atoms with Crippen LogP contribution < -0.4 is 10.1 Å². The van der Waals surface area contributed by atoms with E-state index in [0.29, 0.717) is 11.6 Å². The second kappa shape index (κ2) is 6.82. The molecule has 0 saturated carbocycles. The van der Waals surface area contributed by atoms with E-state index < -0.39 is 29.1 Å². The summed E-state index contributed by atoms with van der Waals surface area (Å²) in [5.74, 6) is -2.03. The van der Waals surface area contributed by atoms with E-state index in [1.165, 1.54) is 18.2 Å². The first kappa shape index (κ1) is 16.3.